The van der Waals surface area contributed by atoms with Crippen LogP contribution in [0.25, 0.3) is 53.2 Å². The minimum atomic E-state index is 1.30. The molecule has 144 valence electrons. The second-order valence-electron chi connectivity index (χ2n) is 7.84. The number of benzene rings is 4. The first-order valence-corrected chi connectivity index (χ1v) is 11.8. The predicted molar refractivity (Wildman–Crippen MR) is 135 cm³/mol. The van der Waals surface area contributed by atoms with Crippen LogP contribution < -0.4 is 0 Å². The summed E-state index contributed by atoms with van der Waals surface area (Å²) in [6.45, 7) is 4.46. The molecule has 0 aliphatic carbocycles. The standard InChI is InChI=1S/C28H20S2/c1-17-15-23-25(20-10-4-3-5-11-20)27-24(16-18(2)29-27)26(28(23)30-17)22-14-8-12-19-9-6-7-13-21(19)22/h3-16H,1-2H3. The highest BCUT2D eigenvalue weighted by Gasteiger charge is 2.21. The minimum absolute atomic E-state index is 1.30. The van der Waals surface area contributed by atoms with E-state index in [1.165, 1.54) is 63.0 Å². The van der Waals surface area contributed by atoms with Crippen LogP contribution >= 0.6 is 22.7 Å². The average molecular weight is 421 g/mol. The molecule has 30 heavy (non-hydrogen) atoms. The Balaban J connectivity index is 1.84. The molecule has 0 aliphatic heterocycles. The van der Waals surface area contributed by atoms with E-state index in [1.807, 2.05) is 22.7 Å². The van der Waals surface area contributed by atoms with Crippen LogP contribution in [0.1, 0.15) is 9.75 Å². The summed E-state index contributed by atoms with van der Waals surface area (Å²) in [5, 5.41) is 5.37. The highest BCUT2D eigenvalue weighted by atomic mass is 32.1. The predicted octanol–water partition coefficient (Wildman–Crippen LogP) is 9.22. The summed E-state index contributed by atoms with van der Waals surface area (Å²) in [7, 11) is 0. The minimum Gasteiger partial charge on any atom is -0.140 e. The third-order valence-electron chi connectivity index (χ3n) is 5.82. The van der Waals surface area contributed by atoms with E-state index in [4.69, 9.17) is 0 Å². The smallest absolute Gasteiger partial charge is 0.0437 e. The van der Waals surface area contributed by atoms with Crippen molar-refractivity contribution in [3.8, 4) is 22.3 Å². The van der Waals surface area contributed by atoms with Gasteiger partial charge < -0.3 is 0 Å². The molecule has 0 bridgehead atoms. The zero-order valence-corrected chi connectivity index (χ0v) is 18.5. The van der Waals surface area contributed by atoms with Gasteiger partial charge in [0, 0.05) is 41.1 Å². The van der Waals surface area contributed by atoms with Gasteiger partial charge in [-0.15, -0.1) is 22.7 Å². The number of aryl methyl sites for hydroxylation is 2. The first-order valence-electron chi connectivity index (χ1n) is 10.2. The molecular formula is C28H20S2. The van der Waals surface area contributed by atoms with Crippen LogP contribution in [0.2, 0.25) is 0 Å². The van der Waals surface area contributed by atoms with Crippen LogP contribution in [-0.2, 0) is 0 Å². The molecule has 0 N–H and O–H groups in total. The lowest BCUT2D eigenvalue weighted by Crippen LogP contribution is -1.86. The maximum Gasteiger partial charge on any atom is 0.0437 e. The number of thiophene rings is 2. The fraction of sp³-hybridized carbons (Fsp3) is 0.0714. The Hall–Kier alpha value is -2.94. The van der Waals surface area contributed by atoms with Gasteiger partial charge in [0.2, 0.25) is 0 Å². The summed E-state index contributed by atoms with van der Waals surface area (Å²) < 4.78 is 2.79. The van der Waals surface area contributed by atoms with Crippen LogP contribution in [0.5, 0.6) is 0 Å². The number of hydrogen-bond donors (Lipinski definition) is 0. The van der Waals surface area contributed by atoms with Gasteiger partial charge in [0.1, 0.15) is 0 Å². The van der Waals surface area contributed by atoms with Gasteiger partial charge in [-0.2, -0.15) is 0 Å². The highest BCUT2D eigenvalue weighted by Crippen LogP contribution is 2.50. The molecular weight excluding hydrogens is 400 g/mol. The zero-order chi connectivity index (χ0) is 20.2. The summed E-state index contributed by atoms with van der Waals surface area (Å²) in [4.78, 5) is 2.72. The first kappa shape index (κ1) is 17.9. The van der Waals surface area contributed by atoms with Gasteiger partial charge >= 0.3 is 0 Å². The van der Waals surface area contributed by atoms with Crippen molar-refractivity contribution in [3.05, 3.63) is 94.7 Å². The Morgan fingerprint density at radius 3 is 1.90 bits per heavy atom. The SMILES string of the molecule is Cc1cc2c(-c3cccc4ccccc34)c3sc(C)cc3c(-c3ccccc3)c2s1. The number of rotatable bonds is 2. The molecule has 0 spiro atoms. The number of fused-ring (bicyclic) bond motifs is 3. The largest absolute Gasteiger partial charge is 0.140 e. The van der Waals surface area contributed by atoms with E-state index in [9.17, 15) is 0 Å². The van der Waals surface area contributed by atoms with Crippen molar-refractivity contribution in [2.45, 2.75) is 13.8 Å². The Bertz CT molecular complexity index is 1490. The van der Waals surface area contributed by atoms with Crippen molar-refractivity contribution in [3.63, 3.8) is 0 Å². The molecule has 0 fully saturated rings. The quantitative estimate of drug-likeness (QED) is 0.262. The molecule has 0 nitrogen and oxygen atoms in total. The molecule has 0 atom stereocenters. The summed E-state index contributed by atoms with van der Waals surface area (Å²) in [5.74, 6) is 0. The van der Waals surface area contributed by atoms with Crippen LogP contribution in [0.3, 0.4) is 0 Å². The Kier molecular flexibility index (Phi) is 4.05. The maximum atomic E-state index is 2.39. The van der Waals surface area contributed by atoms with E-state index in [2.05, 4.69) is 98.8 Å². The van der Waals surface area contributed by atoms with Crippen molar-refractivity contribution in [1.29, 1.82) is 0 Å². The molecule has 2 heterocycles. The lowest BCUT2D eigenvalue weighted by molar-refractivity contribution is 1.65. The normalized spacial score (nSPS) is 11.7. The van der Waals surface area contributed by atoms with Crippen molar-refractivity contribution in [2.75, 3.05) is 0 Å². The van der Waals surface area contributed by atoms with Crippen LogP contribution in [0.15, 0.2) is 84.9 Å². The molecule has 2 heteroatoms. The second-order valence-corrected chi connectivity index (χ2v) is 10.4. The average Bonchev–Trinajstić information content (AvgIpc) is 3.33. The van der Waals surface area contributed by atoms with Crippen molar-refractivity contribution >= 4 is 53.6 Å². The Morgan fingerprint density at radius 2 is 1.13 bits per heavy atom. The summed E-state index contributed by atoms with van der Waals surface area (Å²) in [5.41, 5.74) is 5.41. The molecule has 0 radical (unpaired) electrons. The van der Waals surface area contributed by atoms with Gasteiger partial charge in [-0.3, -0.25) is 0 Å². The maximum absolute atomic E-state index is 2.39. The second kappa shape index (κ2) is 6.80. The molecule has 0 saturated heterocycles. The fourth-order valence-corrected chi connectivity index (χ4v) is 6.81. The van der Waals surface area contributed by atoms with Gasteiger partial charge in [0.05, 0.1) is 0 Å². The van der Waals surface area contributed by atoms with Gasteiger partial charge in [-0.1, -0.05) is 72.8 Å². The molecule has 0 saturated carbocycles. The highest BCUT2D eigenvalue weighted by molar-refractivity contribution is 7.22. The van der Waals surface area contributed by atoms with E-state index in [0.29, 0.717) is 0 Å². The molecule has 6 aromatic rings. The molecule has 0 aliphatic rings. The molecule has 4 aromatic carbocycles. The summed E-state index contributed by atoms with van der Waals surface area (Å²) in [6, 6.07) is 31.1. The van der Waals surface area contributed by atoms with Crippen LogP contribution in [-0.4, -0.2) is 0 Å². The topological polar surface area (TPSA) is 0 Å². The lowest BCUT2D eigenvalue weighted by atomic mass is 9.91. The van der Waals surface area contributed by atoms with E-state index in [1.54, 1.807) is 0 Å². The lowest BCUT2D eigenvalue weighted by Gasteiger charge is -2.14. The van der Waals surface area contributed by atoms with Gasteiger partial charge in [-0.05, 0) is 47.9 Å². The monoisotopic (exact) mass is 420 g/mol. The van der Waals surface area contributed by atoms with Crippen LogP contribution in [0.4, 0.5) is 0 Å². The first-order chi connectivity index (χ1) is 14.7. The third-order valence-corrected chi connectivity index (χ3v) is 7.96. The van der Waals surface area contributed by atoms with Gasteiger partial charge in [-0.25, -0.2) is 0 Å². The molecule has 0 amide bonds. The summed E-state index contributed by atoms with van der Waals surface area (Å²) >= 11 is 3.84. The van der Waals surface area contributed by atoms with Gasteiger partial charge in [0.25, 0.3) is 0 Å². The van der Waals surface area contributed by atoms with E-state index >= 15 is 0 Å². The van der Waals surface area contributed by atoms with Crippen molar-refractivity contribution in [2.24, 2.45) is 0 Å². The molecule has 0 unspecified atom stereocenters. The van der Waals surface area contributed by atoms with E-state index in [0.717, 1.165) is 0 Å². The van der Waals surface area contributed by atoms with E-state index < -0.39 is 0 Å². The van der Waals surface area contributed by atoms with Crippen molar-refractivity contribution in [1.82, 2.24) is 0 Å². The number of hydrogen-bond acceptors (Lipinski definition) is 2. The molecule has 6 rings (SSSR count). The van der Waals surface area contributed by atoms with Gasteiger partial charge in [0.15, 0.2) is 0 Å². The zero-order valence-electron chi connectivity index (χ0n) is 16.9. The Labute approximate surface area is 184 Å². The summed E-state index contributed by atoms with van der Waals surface area (Å²) in [6.07, 6.45) is 0. The van der Waals surface area contributed by atoms with E-state index in [-0.39, 0.29) is 0 Å². The van der Waals surface area contributed by atoms with Crippen molar-refractivity contribution < 1.29 is 0 Å². The fourth-order valence-electron chi connectivity index (χ4n) is 4.62. The Morgan fingerprint density at radius 1 is 0.533 bits per heavy atom. The van der Waals surface area contributed by atoms with Crippen LogP contribution in [0, 0.1) is 13.8 Å². The third kappa shape index (κ3) is 2.64. The molecule has 2 aromatic heterocycles.